The molecule has 1 saturated carbocycles. The normalized spacial score (nSPS) is 24.7. The van der Waals surface area contributed by atoms with E-state index in [1.54, 1.807) is 0 Å². The molecule has 0 saturated heterocycles. The van der Waals surface area contributed by atoms with Crippen molar-refractivity contribution in [2.75, 3.05) is 32.9 Å². The molecule has 1 rings (SSSR count). The van der Waals surface area contributed by atoms with Crippen LogP contribution in [0.3, 0.4) is 0 Å². The van der Waals surface area contributed by atoms with Crippen molar-refractivity contribution < 1.29 is 14.6 Å². The fraction of sp³-hybridized carbons (Fsp3) is 1.00. The van der Waals surface area contributed by atoms with Gasteiger partial charge in [0.05, 0.1) is 0 Å². The lowest BCUT2D eigenvalue weighted by Gasteiger charge is -2.21. The van der Waals surface area contributed by atoms with Crippen molar-refractivity contribution in [2.24, 2.45) is 11.8 Å². The standard InChI is InChI=1S/C13H27NO3/c1-3-16-13(17-4-2)9-14-8-11-6-5-7-12(11)10-15/h11-15H,3-10H2,1-2H3. The summed E-state index contributed by atoms with van der Waals surface area (Å²) in [6, 6.07) is 0. The maximum Gasteiger partial charge on any atom is 0.169 e. The third kappa shape index (κ3) is 5.34. The Balaban J connectivity index is 2.16. The molecular weight excluding hydrogens is 218 g/mol. The Morgan fingerprint density at radius 1 is 1.18 bits per heavy atom. The van der Waals surface area contributed by atoms with Crippen LogP contribution in [0.5, 0.6) is 0 Å². The predicted octanol–water partition coefficient (Wildman–Crippen LogP) is 1.38. The number of aliphatic hydroxyl groups is 1. The van der Waals surface area contributed by atoms with E-state index < -0.39 is 0 Å². The van der Waals surface area contributed by atoms with Crippen molar-refractivity contribution in [2.45, 2.75) is 39.4 Å². The number of rotatable bonds is 9. The first kappa shape index (κ1) is 14.9. The third-order valence-electron chi connectivity index (χ3n) is 3.47. The van der Waals surface area contributed by atoms with E-state index >= 15 is 0 Å². The minimum atomic E-state index is -0.140. The molecule has 1 aliphatic carbocycles. The average Bonchev–Trinajstić information content (AvgIpc) is 2.77. The fourth-order valence-corrected chi connectivity index (χ4v) is 2.55. The smallest absolute Gasteiger partial charge is 0.169 e. The molecular formula is C13H27NO3. The van der Waals surface area contributed by atoms with Gasteiger partial charge in [-0.15, -0.1) is 0 Å². The fourth-order valence-electron chi connectivity index (χ4n) is 2.55. The van der Waals surface area contributed by atoms with Gasteiger partial charge in [-0.2, -0.15) is 0 Å². The summed E-state index contributed by atoms with van der Waals surface area (Å²) in [5.74, 6) is 1.10. The Morgan fingerprint density at radius 3 is 2.41 bits per heavy atom. The van der Waals surface area contributed by atoms with Gasteiger partial charge in [0.25, 0.3) is 0 Å². The summed E-state index contributed by atoms with van der Waals surface area (Å²) in [5.41, 5.74) is 0. The second-order valence-corrected chi connectivity index (χ2v) is 4.63. The molecule has 0 spiro atoms. The molecule has 0 amide bonds. The van der Waals surface area contributed by atoms with Crippen LogP contribution in [0.15, 0.2) is 0 Å². The molecule has 4 nitrogen and oxygen atoms in total. The summed E-state index contributed by atoms with van der Waals surface area (Å²) in [4.78, 5) is 0. The van der Waals surface area contributed by atoms with Crippen LogP contribution in [0.2, 0.25) is 0 Å². The molecule has 1 fully saturated rings. The second kappa shape index (κ2) is 8.86. The first-order valence-electron chi connectivity index (χ1n) is 6.86. The van der Waals surface area contributed by atoms with Gasteiger partial charge in [-0.3, -0.25) is 0 Å². The van der Waals surface area contributed by atoms with Crippen molar-refractivity contribution in [1.29, 1.82) is 0 Å². The summed E-state index contributed by atoms with van der Waals surface area (Å²) in [5, 5.41) is 12.6. The largest absolute Gasteiger partial charge is 0.396 e. The van der Waals surface area contributed by atoms with Crippen LogP contribution in [0.4, 0.5) is 0 Å². The topological polar surface area (TPSA) is 50.7 Å². The van der Waals surface area contributed by atoms with Crippen LogP contribution in [0.1, 0.15) is 33.1 Å². The molecule has 17 heavy (non-hydrogen) atoms. The Bertz CT molecular complexity index is 184. The van der Waals surface area contributed by atoms with Crippen molar-refractivity contribution in [1.82, 2.24) is 5.32 Å². The summed E-state index contributed by atoms with van der Waals surface area (Å²) >= 11 is 0. The number of nitrogens with one attached hydrogen (secondary N) is 1. The third-order valence-corrected chi connectivity index (χ3v) is 3.47. The maximum absolute atomic E-state index is 9.24. The molecule has 0 radical (unpaired) electrons. The average molecular weight is 245 g/mol. The van der Waals surface area contributed by atoms with Gasteiger partial charge in [0.2, 0.25) is 0 Å². The van der Waals surface area contributed by atoms with E-state index in [4.69, 9.17) is 9.47 Å². The minimum absolute atomic E-state index is 0.140. The Hall–Kier alpha value is -0.160. The maximum atomic E-state index is 9.24. The summed E-state index contributed by atoms with van der Waals surface area (Å²) in [7, 11) is 0. The van der Waals surface area contributed by atoms with Crippen molar-refractivity contribution >= 4 is 0 Å². The molecule has 2 N–H and O–H groups in total. The van der Waals surface area contributed by atoms with Crippen LogP contribution in [0, 0.1) is 11.8 Å². The SMILES string of the molecule is CCOC(CNCC1CCCC1CO)OCC. The van der Waals surface area contributed by atoms with E-state index in [1.165, 1.54) is 19.3 Å². The molecule has 2 unspecified atom stereocenters. The minimum Gasteiger partial charge on any atom is -0.396 e. The molecule has 4 heteroatoms. The van der Waals surface area contributed by atoms with Crippen LogP contribution in [-0.4, -0.2) is 44.3 Å². The van der Waals surface area contributed by atoms with Gasteiger partial charge in [-0.05, 0) is 45.1 Å². The van der Waals surface area contributed by atoms with Gasteiger partial charge in [-0.25, -0.2) is 0 Å². The van der Waals surface area contributed by atoms with Crippen molar-refractivity contribution in [3.05, 3.63) is 0 Å². The van der Waals surface area contributed by atoms with E-state index in [0.717, 1.165) is 13.1 Å². The molecule has 102 valence electrons. The van der Waals surface area contributed by atoms with Gasteiger partial charge in [0.1, 0.15) is 0 Å². The predicted molar refractivity (Wildman–Crippen MR) is 67.8 cm³/mol. The van der Waals surface area contributed by atoms with Crippen LogP contribution in [0.25, 0.3) is 0 Å². The van der Waals surface area contributed by atoms with Gasteiger partial charge in [0.15, 0.2) is 6.29 Å². The highest BCUT2D eigenvalue weighted by atomic mass is 16.7. The van der Waals surface area contributed by atoms with Crippen molar-refractivity contribution in [3.63, 3.8) is 0 Å². The highest BCUT2D eigenvalue weighted by Crippen LogP contribution is 2.30. The van der Waals surface area contributed by atoms with E-state index in [0.29, 0.717) is 31.7 Å². The first-order valence-corrected chi connectivity index (χ1v) is 6.86. The monoisotopic (exact) mass is 245 g/mol. The highest BCUT2D eigenvalue weighted by Gasteiger charge is 2.26. The van der Waals surface area contributed by atoms with Crippen LogP contribution in [-0.2, 0) is 9.47 Å². The summed E-state index contributed by atoms with van der Waals surface area (Å²) in [6.45, 7) is 7.32. The number of aliphatic hydroxyl groups excluding tert-OH is 1. The van der Waals surface area contributed by atoms with Crippen molar-refractivity contribution in [3.8, 4) is 0 Å². The molecule has 0 aliphatic heterocycles. The van der Waals surface area contributed by atoms with Gasteiger partial charge >= 0.3 is 0 Å². The van der Waals surface area contributed by atoms with E-state index in [1.807, 2.05) is 13.8 Å². The molecule has 0 aromatic heterocycles. The molecule has 2 atom stereocenters. The zero-order valence-corrected chi connectivity index (χ0v) is 11.2. The zero-order chi connectivity index (χ0) is 12.5. The van der Waals surface area contributed by atoms with Gasteiger partial charge in [0, 0.05) is 26.4 Å². The first-order chi connectivity index (χ1) is 8.31. The quantitative estimate of drug-likeness (QED) is 0.603. The Morgan fingerprint density at radius 2 is 1.82 bits per heavy atom. The zero-order valence-electron chi connectivity index (χ0n) is 11.2. The van der Waals surface area contributed by atoms with Crippen LogP contribution < -0.4 is 5.32 Å². The Labute approximate surface area is 105 Å². The summed E-state index contributed by atoms with van der Waals surface area (Å²) in [6.07, 6.45) is 3.51. The molecule has 0 aromatic rings. The van der Waals surface area contributed by atoms with E-state index in [-0.39, 0.29) is 6.29 Å². The molecule has 0 aromatic carbocycles. The Kier molecular flexibility index (Phi) is 7.77. The van der Waals surface area contributed by atoms with E-state index in [2.05, 4.69) is 5.32 Å². The lowest BCUT2D eigenvalue weighted by molar-refractivity contribution is -0.133. The lowest BCUT2D eigenvalue weighted by Crippen LogP contribution is -2.35. The molecule has 0 bridgehead atoms. The number of hydrogen-bond acceptors (Lipinski definition) is 4. The number of ether oxygens (including phenoxy) is 2. The van der Waals surface area contributed by atoms with Gasteiger partial charge in [-0.1, -0.05) is 6.42 Å². The van der Waals surface area contributed by atoms with Crippen LogP contribution >= 0.6 is 0 Å². The summed E-state index contributed by atoms with van der Waals surface area (Å²) < 4.78 is 10.9. The molecule has 0 heterocycles. The molecule has 1 aliphatic rings. The van der Waals surface area contributed by atoms with E-state index in [9.17, 15) is 5.11 Å². The lowest BCUT2D eigenvalue weighted by atomic mass is 9.97. The number of hydrogen-bond donors (Lipinski definition) is 2. The highest BCUT2D eigenvalue weighted by molar-refractivity contribution is 4.78. The second-order valence-electron chi connectivity index (χ2n) is 4.63. The van der Waals surface area contributed by atoms with Gasteiger partial charge < -0.3 is 19.9 Å².